The number of carboxylic acid groups (broad SMARTS) is 1. The molecule has 5 nitrogen and oxygen atoms in total. The topological polar surface area (TPSA) is 66.3 Å². The van der Waals surface area contributed by atoms with Gasteiger partial charge in [-0.25, -0.2) is 14.8 Å². The quantitative estimate of drug-likeness (QED) is 0.911. The average molecular weight is 332 g/mol. The van der Waals surface area contributed by atoms with E-state index in [0.717, 1.165) is 37.4 Å². The number of rotatable bonds is 5. The van der Waals surface area contributed by atoms with E-state index in [0.29, 0.717) is 5.82 Å². The molecule has 0 spiro atoms. The van der Waals surface area contributed by atoms with Crippen LogP contribution < -0.4 is 0 Å². The van der Waals surface area contributed by atoms with Crippen LogP contribution in [0.15, 0.2) is 36.7 Å². The molecule has 1 aliphatic heterocycles. The van der Waals surface area contributed by atoms with Gasteiger partial charge in [0.25, 0.3) is 0 Å². The summed E-state index contributed by atoms with van der Waals surface area (Å²) in [7, 11) is 0. The van der Waals surface area contributed by atoms with Crippen molar-refractivity contribution in [3.63, 3.8) is 0 Å². The first-order valence-electron chi connectivity index (χ1n) is 7.67. The van der Waals surface area contributed by atoms with Crippen LogP contribution in [0.1, 0.15) is 40.6 Å². The highest BCUT2D eigenvalue weighted by molar-refractivity contribution is 6.30. The highest BCUT2D eigenvalue weighted by Crippen LogP contribution is 2.29. The van der Waals surface area contributed by atoms with Gasteiger partial charge in [0.1, 0.15) is 5.82 Å². The molecule has 0 radical (unpaired) electrons. The number of aromatic carboxylic acids is 1. The van der Waals surface area contributed by atoms with Gasteiger partial charge in [0, 0.05) is 24.0 Å². The summed E-state index contributed by atoms with van der Waals surface area (Å²) in [5.74, 6) is -0.292. The third-order valence-electron chi connectivity index (χ3n) is 4.16. The summed E-state index contributed by atoms with van der Waals surface area (Å²) in [6.45, 7) is 1.92. The largest absolute Gasteiger partial charge is 0.478 e. The minimum atomic E-state index is -0.999. The Morgan fingerprint density at radius 2 is 2.13 bits per heavy atom. The number of benzene rings is 1. The summed E-state index contributed by atoms with van der Waals surface area (Å²) in [6, 6.07) is 8.07. The maximum Gasteiger partial charge on any atom is 0.338 e. The van der Waals surface area contributed by atoms with Crippen molar-refractivity contribution in [2.75, 3.05) is 13.1 Å². The predicted molar refractivity (Wildman–Crippen MR) is 87.7 cm³/mol. The molecule has 1 fully saturated rings. The zero-order valence-corrected chi connectivity index (χ0v) is 13.4. The molecule has 23 heavy (non-hydrogen) atoms. The van der Waals surface area contributed by atoms with Crippen LogP contribution >= 0.6 is 11.6 Å². The van der Waals surface area contributed by atoms with E-state index in [1.54, 1.807) is 0 Å². The second-order valence-electron chi connectivity index (χ2n) is 5.71. The molecule has 1 N–H and O–H groups in total. The molecule has 1 aromatic heterocycles. The van der Waals surface area contributed by atoms with Gasteiger partial charge in [-0.2, -0.15) is 0 Å². The predicted octanol–water partition coefficient (Wildman–Crippen LogP) is 3.21. The van der Waals surface area contributed by atoms with E-state index < -0.39 is 5.97 Å². The number of hydrogen-bond acceptors (Lipinski definition) is 4. The van der Waals surface area contributed by atoms with Gasteiger partial charge in [-0.1, -0.05) is 23.7 Å². The van der Waals surface area contributed by atoms with E-state index in [9.17, 15) is 4.79 Å². The van der Waals surface area contributed by atoms with E-state index >= 15 is 0 Å². The third kappa shape index (κ3) is 3.86. The summed E-state index contributed by atoms with van der Waals surface area (Å²) < 4.78 is 0. The Morgan fingerprint density at radius 1 is 1.35 bits per heavy atom. The molecule has 2 heterocycles. The lowest BCUT2D eigenvalue weighted by Gasteiger charge is -2.23. The molecule has 3 rings (SSSR count). The summed E-state index contributed by atoms with van der Waals surface area (Å²) in [4.78, 5) is 21.7. The highest BCUT2D eigenvalue weighted by atomic mass is 35.5. The van der Waals surface area contributed by atoms with Gasteiger partial charge in [-0.3, -0.25) is 4.90 Å². The van der Waals surface area contributed by atoms with Gasteiger partial charge in [0.2, 0.25) is 0 Å². The first-order chi connectivity index (χ1) is 11.1. The maximum atomic E-state index is 10.9. The standard InChI is InChI=1S/C17H18ClN3O2/c18-14-4-1-3-12(9-14)6-8-21-7-2-5-15(21)16-19-10-13(11-20-16)17(22)23/h1,3-4,9-11,15H,2,5-8H2,(H,22,23). The number of likely N-dealkylation sites (tertiary alicyclic amines) is 1. The third-order valence-corrected chi connectivity index (χ3v) is 4.39. The van der Waals surface area contributed by atoms with Crippen molar-refractivity contribution in [1.29, 1.82) is 0 Å². The maximum absolute atomic E-state index is 10.9. The fourth-order valence-corrected chi connectivity index (χ4v) is 3.18. The smallest absolute Gasteiger partial charge is 0.338 e. The molecule has 0 amide bonds. The number of aromatic nitrogens is 2. The number of halogens is 1. The zero-order valence-electron chi connectivity index (χ0n) is 12.7. The Morgan fingerprint density at radius 3 is 2.83 bits per heavy atom. The molecule has 0 aliphatic carbocycles. The van der Waals surface area contributed by atoms with E-state index in [4.69, 9.17) is 16.7 Å². The molecule has 1 unspecified atom stereocenters. The van der Waals surface area contributed by atoms with E-state index in [-0.39, 0.29) is 11.6 Å². The van der Waals surface area contributed by atoms with Crippen LogP contribution in [-0.2, 0) is 6.42 Å². The zero-order chi connectivity index (χ0) is 16.2. The van der Waals surface area contributed by atoms with Crippen molar-refractivity contribution in [2.24, 2.45) is 0 Å². The van der Waals surface area contributed by atoms with Crippen LogP contribution in [0.5, 0.6) is 0 Å². The van der Waals surface area contributed by atoms with Crippen LogP contribution in [0.25, 0.3) is 0 Å². The van der Waals surface area contributed by atoms with Crippen molar-refractivity contribution in [3.8, 4) is 0 Å². The summed E-state index contributed by atoms with van der Waals surface area (Å²) in [5, 5.41) is 9.68. The normalized spacial score (nSPS) is 18.2. The first kappa shape index (κ1) is 15.9. The fraction of sp³-hybridized carbons (Fsp3) is 0.353. The minimum Gasteiger partial charge on any atom is -0.478 e. The van der Waals surface area contributed by atoms with E-state index in [1.807, 2.05) is 18.2 Å². The molecule has 1 saturated heterocycles. The van der Waals surface area contributed by atoms with Crippen LogP contribution in [-0.4, -0.2) is 39.0 Å². The lowest BCUT2D eigenvalue weighted by atomic mass is 10.1. The average Bonchev–Trinajstić information content (AvgIpc) is 3.01. The number of hydrogen-bond donors (Lipinski definition) is 1. The van der Waals surface area contributed by atoms with Crippen LogP contribution in [0, 0.1) is 0 Å². The Balaban J connectivity index is 1.66. The van der Waals surface area contributed by atoms with Crippen molar-refractivity contribution < 1.29 is 9.90 Å². The molecular formula is C17H18ClN3O2. The van der Waals surface area contributed by atoms with Gasteiger partial charge in [-0.15, -0.1) is 0 Å². The minimum absolute atomic E-state index is 0.122. The number of carbonyl (C=O) groups is 1. The Kier molecular flexibility index (Phi) is 4.88. The Labute approximate surface area is 139 Å². The fourth-order valence-electron chi connectivity index (χ4n) is 2.97. The lowest BCUT2D eigenvalue weighted by molar-refractivity contribution is 0.0695. The van der Waals surface area contributed by atoms with Crippen molar-refractivity contribution in [3.05, 3.63) is 58.6 Å². The second-order valence-corrected chi connectivity index (χ2v) is 6.15. The Bertz CT molecular complexity index is 690. The van der Waals surface area contributed by atoms with Gasteiger partial charge in [0.15, 0.2) is 0 Å². The lowest BCUT2D eigenvalue weighted by Crippen LogP contribution is -2.27. The number of carboxylic acids is 1. The molecule has 0 bridgehead atoms. The summed E-state index contributed by atoms with van der Waals surface area (Å²) >= 11 is 6.02. The molecule has 6 heteroatoms. The van der Waals surface area contributed by atoms with Gasteiger partial charge in [0.05, 0.1) is 11.6 Å². The molecule has 2 aromatic rings. The molecule has 0 saturated carbocycles. The second kappa shape index (κ2) is 7.06. The Hall–Kier alpha value is -1.98. The van der Waals surface area contributed by atoms with Crippen molar-refractivity contribution in [1.82, 2.24) is 14.9 Å². The molecular weight excluding hydrogens is 314 g/mol. The van der Waals surface area contributed by atoms with Gasteiger partial charge < -0.3 is 5.11 Å². The van der Waals surface area contributed by atoms with Crippen LogP contribution in [0.3, 0.4) is 0 Å². The van der Waals surface area contributed by atoms with E-state index in [1.165, 1.54) is 18.0 Å². The monoisotopic (exact) mass is 331 g/mol. The van der Waals surface area contributed by atoms with E-state index in [2.05, 4.69) is 20.9 Å². The van der Waals surface area contributed by atoms with Crippen molar-refractivity contribution in [2.45, 2.75) is 25.3 Å². The summed E-state index contributed by atoms with van der Waals surface area (Å²) in [5.41, 5.74) is 1.34. The van der Waals surface area contributed by atoms with Gasteiger partial charge in [-0.05, 0) is 43.5 Å². The van der Waals surface area contributed by atoms with Crippen LogP contribution in [0.2, 0.25) is 5.02 Å². The van der Waals surface area contributed by atoms with Crippen molar-refractivity contribution >= 4 is 17.6 Å². The SMILES string of the molecule is O=C(O)c1cnc(C2CCCN2CCc2cccc(Cl)c2)nc1. The molecule has 120 valence electrons. The molecule has 1 aromatic carbocycles. The van der Waals surface area contributed by atoms with Crippen LogP contribution in [0.4, 0.5) is 0 Å². The first-order valence-corrected chi connectivity index (χ1v) is 8.05. The summed E-state index contributed by atoms with van der Waals surface area (Å²) in [6.07, 6.45) is 5.80. The molecule has 1 atom stereocenters. The number of nitrogens with zero attached hydrogens (tertiary/aromatic N) is 3. The highest BCUT2D eigenvalue weighted by Gasteiger charge is 2.27. The van der Waals surface area contributed by atoms with Gasteiger partial charge >= 0.3 is 5.97 Å². The molecule has 1 aliphatic rings.